The molecule has 0 aromatic rings. The lowest BCUT2D eigenvalue weighted by molar-refractivity contribution is -0.148. The standard InChI is InChI=1S/C52H93NO5/c1-4-7-10-13-16-19-21-22-23-24-25-26-27-28-30-33-36-39-42-45-52(57)58-48(43-40-37-34-32-29-20-17-14-11-8-5-2)46-51(56)53-49(47-54)50(55)44-41-38-35-31-18-15-12-9-6-3/h16,19,22-23,25-26,32,34,40,43,48-50,54-55H,4-15,17-18,20-21,24,27-31,33,35-39,41-42,44-47H2,1-3H3,(H,53,56)/b19-16-,23-22-,26-25-,34-32-,43-40+. The van der Waals surface area contributed by atoms with E-state index >= 15 is 0 Å². The normalized spacial score (nSPS) is 13.8. The predicted octanol–water partition coefficient (Wildman–Crippen LogP) is 14.5. The Kier molecular flexibility index (Phi) is 43.7. The number of carbonyl (C=O) groups excluding carboxylic acids is 2. The van der Waals surface area contributed by atoms with E-state index in [0.29, 0.717) is 19.3 Å². The van der Waals surface area contributed by atoms with Crippen molar-refractivity contribution in [2.24, 2.45) is 0 Å². The van der Waals surface area contributed by atoms with Crippen molar-refractivity contribution in [2.45, 2.75) is 251 Å². The molecule has 1 amide bonds. The van der Waals surface area contributed by atoms with E-state index in [2.05, 4.69) is 74.7 Å². The number of hydrogen-bond acceptors (Lipinski definition) is 5. The maximum absolute atomic E-state index is 13.1. The number of esters is 1. The van der Waals surface area contributed by atoms with E-state index in [0.717, 1.165) is 64.2 Å². The summed E-state index contributed by atoms with van der Waals surface area (Å²) < 4.78 is 5.81. The van der Waals surface area contributed by atoms with Crippen LogP contribution in [0.3, 0.4) is 0 Å². The van der Waals surface area contributed by atoms with Crippen LogP contribution in [0.25, 0.3) is 0 Å². The van der Waals surface area contributed by atoms with Crippen LogP contribution in [-0.2, 0) is 14.3 Å². The molecule has 0 saturated carbocycles. The first-order chi connectivity index (χ1) is 28.5. The molecule has 336 valence electrons. The van der Waals surface area contributed by atoms with E-state index in [9.17, 15) is 19.8 Å². The van der Waals surface area contributed by atoms with Gasteiger partial charge in [0.15, 0.2) is 0 Å². The molecule has 0 aromatic heterocycles. The second-order valence-electron chi connectivity index (χ2n) is 16.5. The number of aliphatic hydroxyl groups excluding tert-OH is 2. The number of nitrogens with one attached hydrogen (secondary N) is 1. The number of amides is 1. The average molecular weight is 812 g/mol. The Labute approximate surface area is 358 Å². The van der Waals surface area contributed by atoms with Crippen LogP contribution in [0.2, 0.25) is 0 Å². The van der Waals surface area contributed by atoms with Gasteiger partial charge in [0.1, 0.15) is 6.10 Å². The monoisotopic (exact) mass is 812 g/mol. The third-order valence-corrected chi connectivity index (χ3v) is 10.8. The Morgan fingerprint density at radius 1 is 0.517 bits per heavy atom. The number of rotatable bonds is 43. The van der Waals surface area contributed by atoms with E-state index < -0.39 is 18.2 Å². The molecule has 0 aliphatic heterocycles. The fourth-order valence-electron chi connectivity index (χ4n) is 7.05. The molecule has 0 bridgehead atoms. The first-order valence-corrected chi connectivity index (χ1v) is 24.5. The third kappa shape index (κ3) is 40.3. The fraction of sp³-hybridized carbons (Fsp3) is 0.769. The zero-order valence-electron chi connectivity index (χ0n) is 38.2. The summed E-state index contributed by atoms with van der Waals surface area (Å²) in [6, 6.07) is -0.734. The number of allylic oxidation sites excluding steroid dienone is 9. The van der Waals surface area contributed by atoms with Gasteiger partial charge in [-0.05, 0) is 76.7 Å². The lowest BCUT2D eigenvalue weighted by atomic mass is 10.0. The van der Waals surface area contributed by atoms with Gasteiger partial charge in [0, 0.05) is 6.42 Å². The van der Waals surface area contributed by atoms with Gasteiger partial charge in [-0.25, -0.2) is 0 Å². The summed E-state index contributed by atoms with van der Waals surface area (Å²) in [5.41, 5.74) is 0. The summed E-state index contributed by atoms with van der Waals surface area (Å²) in [5.74, 6) is -0.620. The number of aliphatic hydroxyl groups is 2. The SMILES string of the molecule is CCCCC/C=C\C/C=C\C/C=C\CCCCCCCCC(=O)OC(/C=C/C/C=C\CCCCCCCC)CC(=O)NC(CO)C(O)CCCCCCCCCCC. The number of unbranched alkanes of at least 4 members (excludes halogenated alkanes) is 23. The largest absolute Gasteiger partial charge is 0.458 e. The van der Waals surface area contributed by atoms with E-state index in [1.807, 2.05) is 12.2 Å². The highest BCUT2D eigenvalue weighted by molar-refractivity contribution is 5.78. The molecule has 0 rings (SSSR count). The Morgan fingerprint density at radius 2 is 0.914 bits per heavy atom. The second kappa shape index (κ2) is 45.6. The number of ether oxygens (including phenoxy) is 1. The fourth-order valence-corrected chi connectivity index (χ4v) is 7.05. The van der Waals surface area contributed by atoms with Gasteiger partial charge in [-0.3, -0.25) is 9.59 Å². The summed E-state index contributed by atoms with van der Waals surface area (Å²) in [6.07, 6.45) is 56.0. The van der Waals surface area contributed by atoms with Crippen LogP contribution >= 0.6 is 0 Å². The lowest BCUT2D eigenvalue weighted by Gasteiger charge is -2.23. The number of hydrogen-bond donors (Lipinski definition) is 3. The van der Waals surface area contributed by atoms with Crippen LogP contribution < -0.4 is 5.32 Å². The molecule has 0 aliphatic rings. The zero-order chi connectivity index (χ0) is 42.4. The molecule has 3 atom stereocenters. The molecule has 0 radical (unpaired) electrons. The molecule has 6 heteroatoms. The van der Waals surface area contributed by atoms with Gasteiger partial charge in [-0.2, -0.15) is 0 Å². The Balaban J connectivity index is 4.61. The maximum Gasteiger partial charge on any atom is 0.306 e. The van der Waals surface area contributed by atoms with Crippen LogP contribution in [0.15, 0.2) is 60.8 Å². The molecule has 6 nitrogen and oxygen atoms in total. The van der Waals surface area contributed by atoms with Crippen LogP contribution in [0, 0.1) is 0 Å². The number of carbonyl (C=O) groups is 2. The Bertz CT molecular complexity index is 1050. The third-order valence-electron chi connectivity index (χ3n) is 10.8. The van der Waals surface area contributed by atoms with Crippen molar-refractivity contribution in [1.29, 1.82) is 0 Å². The van der Waals surface area contributed by atoms with Gasteiger partial charge < -0.3 is 20.3 Å². The van der Waals surface area contributed by atoms with Gasteiger partial charge in [0.2, 0.25) is 5.91 Å². The minimum absolute atomic E-state index is 0.0355. The van der Waals surface area contributed by atoms with Gasteiger partial charge in [-0.1, -0.05) is 204 Å². The molecule has 0 fully saturated rings. The van der Waals surface area contributed by atoms with E-state index in [1.165, 1.54) is 122 Å². The summed E-state index contributed by atoms with van der Waals surface area (Å²) in [4.78, 5) is 26.0. The lowest BCUT2D eigenvalue weighted by Crippen LogP contribution is -2.46. The molecule has 58 heavy (non-hydrogen) atoms. The second-order valence-corrected chi connectivity index (χ2v) is 16.5. The molecule has 3 unspecified atom stereocenters. The predicted molar refractivity (Wildman–Crippen MR) is 250 cm³/mol. The van der Waals surface area contributed by atoms with Crippen LogP contribution in [0.1, 0.15) is 233 Å². The Morgan fingerprint density at radius 3 is 1.41 bits per heavy atom. The summed E-state index contributed by atoms with van der Waals surface area (Å²) >= 11 is 0. The molecule has 0 heterocycles. The quantitative estimate of drug-likeness (QED) is 0.0324. The smallest absolute Gasteiger partial charge is 0.306 e. The average Bonchev–Trinajstić information content (AvgIpc) is 3.22. The van der Waals surface area contributed by atoms with Gasteiger partial charge in [0.25, 0.3) is 0 Å². The molecule has 0 saturated heterocycles. The van der Waals surface area contributed by atoms with Gasteiger partial charge >= 0.3 is 5.97 Å². The first kappa shape index (κ1) is 55.6. The van der Waals surface area contributed by atoms with Crippen molar-refractivity contribution >= 4 is 11.9 Å². The maximum atomic E-state index is 13.1. The van der Waals surface area contributed by atoms with Crippen LogP contribution in [-0.4, -0.2) is 46.9 Å². The van der Waals surface area contributed by atoms with E-state index in [1.54, 1.807) is 0 Å². The Hall–Kier alpha value is -2.44. The zero-order valence-corrected chi connectivity index (χ0v) is 38.2. The minimum atomic E-state index is -0.812. The van der Waals surface area contributed by atoms with Gasteiger partial charge in [-0.15, -0.1) is 0 Å². The van der Waals surface area contributed by atoms with E-state index in [-0.39, 0.29) is 24.9 Å². The van der Waals surface area contributed by atoms with E-state index in [4.69, 9.17) is 4.74 Å². The van der Waals surface area contributed by atoms with Crippen LogP contribution in [0.5, 0.6) is 0 Å². The topological polar surface area (TPSA) is 95.9 Å². The summed E-state index contributed by atoms with van der Waals surface area (Å²) in [7, 11) is 0. The molecule has 0 aromatic carbocycles. The van der Waals surface area contributed by atoms with Crippen molar-refractivity contribution in [2.75, 3.05) is 6.61 Å². The summed E-state index contributed by atoms with van der Waals surface area (Å²) in [5, 5.41) is 23.5. The first-order valence-electron chi connectivity index (χ1n) is 24.5. The van der Waals surface area contributed by atoms with Crippen molar-refractivity contribution in [3.8, 4) is 0 Å². The van der Waals surface area contributed by atoms with Gasteiger partial charge in [0.05, 0.1) is 25.2 Å². The highest BCUT2D eigenvalue weighted by Gasteiger charge is 2.23. The molecular formula is C52H93NO5. The van der Waals surface area contributed by atoms with Crippen molar-refractivity contribution in [1.82, 2.24) is 5.32 Å². The molecule has 3 N–H and O–H groups in total. The van der Waals surface area contributed by atoms with Crippen LogP contribution in [0.4, 0.5) is 0 Å². The van der Waals surface area contributed by atoms with Crippen molar-refractivity contribution in [3.63, 3.8) is 0 Å². The highest BCUT2D eigenvalue weighted by atomic mass is 16.5. The molecular weight excluding hydrogens is 719 g/mol. The summed E-state index contributed by atoms with van der Waals surface area (Å²) in [6.45, 7) is 6.38. The minimum Gasteiger partial charge on any atom is -0.458 e. The van der Waals surface area contributed by atoms with Crippen molar-refractivity contribution < 1.29 is 24.5 Å². The highest BCUT2D eigenvalue weighted by Crippen LogP contribution is 2.15. The molecule has 0 aliphatic carbocycles. The van der Waals surface area contributed by atoms with Crippen molar-refractivity contribution in [3.05, 3.63) is 60.8 Å². The molecule has 0 spiro atoms.